The minimum absolute atomic E-state index is 0.241. The van der Waals surface area contributed by atoms with Gasteiger partial charge in [-0.1, -0.05) is 48.9 Å². The molecule has 1 saturated carbocycles. The average molecular weight is 306 g/mol. The molecule has 0 amide bonds. The topological polar surface area (TPSA) is 12.0 Å². The highest BCUT2D eigenvalue weighted by atomic mass is 35.5. The minimum atomic E-state index is 0.241. The van der Waals surface area contributed by atoms with Gasteiger partial charge in [-0.25, -0.2) is 0 Å². The standard InChI is InChI=1S/C17H20ClNS/c1-2-11-19-16(15-14(18)8-12-20-15)17(9-10-17)13-6-4-3-5-7-13/h3-8,12,16,19H,2,9-11H2,1H3. The van der Waals surface area contributed by atoms with Crippen molar-refractivity contribution in [1.29, 1.82) is 0 Å². The molecule has 1 aliphatic carbocycles. The van der Waals surface area contributed by atoms with Crippen LogP contribution in [-0.2, 0) is 5.41 Å². The third kappa shape index (κ3) is 2.52. The average Bonchev–Trinajstić information content (AvgIpc) is 3.18. The Balaban J connectivity index is 1.96. The second-order valence-corrected chi connectivity index (χ2v) is 6.90. The highest BCUT2D eigenvalue weighted by Gasteiger charge is 2.51. The smallest absolute Gasteiger partial charge is 0.0561 e. The van der Waals surface area contributed by atoms with Gasteiger partial charge in [-0.15, -0.1) is 11.3 Å². The molecule has 1 N–H and O–H groups in total. The Hall–Kier alpha value is -0.830. The summed E-state index contributed by atoms with van der Waals surface area (Å²) in [4.78, 5) is 1.29. The lowest BCUT2D eigenvalue weighted by atomic mass is 9.87. The van der Waals surface area contributed by atoms with Crippen molar-refractivity contribution in [3.63, 3.8) is 0 Å². The van der Waals surface area contributed by atoms with Crippen LogP contribution in [0.2, 0.25) is 5.02 Å². The molecule has 20 heavy (non-hydrogen) atoms. The van der Waals surface area contributed by atoms with Crippen LogP contribution in [0.5, 0.6) is 0 Å². The Morgan fingerprint density at radius 3 is 2.55 bits per heavy atom. The molecule has 0 saturated heterocycles. The SMILES string of the molecule is CCCNC(c1sccc1Cl)C1(c2ccccc2)CC1. The van der Waals surface area contributed by atoms with E-state index < -0.39 is 0 Å². The van der Waals surface area contributed by atoms with Gasteiger partial charge < -0.3 is 5.32 Å². The van der Waals surface area contributed by atoms with Crippen LogP contribution in [0.4, 0.5) is 0 Å². The van der Waals surface area contributed by atoms with Crippen molar-refractivity contribution >= 4 is 22.9 Å². The lowest BCUT2D eigenvalue weighted by molar-refractivity contribution is 0.435. The van der Waals surface area contributed by atoms with Crippen LogP contribution in [0.15, 0.2) is 41.8 Å². The summed E-state index contributed by atoms with van der Waals surface area (Å²) in [6.45, 7) is 3.25. The molecule has 1 aliphatic rings. The van der Waals surface area contributed by atoms with Crippen LogP contribution < -0.4 is 5.32 Å². The van der Waals surface area contributed by atoms with Crippen molar-refractivity contribution in [3.8, 4) is 0 Å². The number of hydrogen-bond acceptors (Lipinski definition) is 2. The van der Waals surface area contributed by atoms with Crippen LogP contribution >= 0.6 is 22.9 Å². The number of benzene rings is 1. The fourth-order valence-corrected chi connectivity index (χ4v) is 4.34. The highest BCUT2D eigenvalue weighted by molar-refractivity contribution is 7.10. The molecule has 1 fully saturated rings. The van der Waals surface area contributed by atoms with E-state index in [1.807, 2.05) is 6.07 Å². The second-order valence-electron chi connectivity index (χ2n) is 5.54. The van der Waals surface area contributed by atoms with E-state index in [-0.39, 0.29) is 5.41 Å². The monoisotopic (exact) mass is 305 g/mol. The molecular weight excluding hydrogens is 286 g/mol. The van der Waals surface area contributed by atoms with Gasteiger partial charge in [-0.05, 0) is 42.8 Å². The van der Waals surface area contributed by atoms with Crippen molar-refractivity contribution in [3.05, 3.63) is 57.2 Å². The van der Waals surface area contributed by atoms with E-state index in [0.29, 0.717) is 6.04 Å². The van der Waals surface area contributed by atoms with Crippen molar-refractivity contribution < 1.29 is 0 Å². The van der Waals surface area contributed by atoms with E-state index >= 15 is 0 Å². The Morgan fingerprint density at radius 2 is 2.00 bits per heavy atom. The summed E-state index contributed by atoms with van der Waals surface area (Å²) >= 11 is 8.18. The van der Waals surface area contributed by atoms with Crippen molar-refractivity contribution in [2.45, 2.75) is 37.6 Å². The highest BCUT2D eigenvalue weighted by Crippen LogP contribution is 2.58. The normalized spacial score (nSPS) is 17.9. The Labute approximate surface area is 130 Å². The quantitative estimate of drug-likeness (QED) is 0.776. The van der Waals surface area contributed by atoms with Gasteiger partial charge in [0, 0.05) is 10.3 Å². The van der Waals surface area contributed by atoms with Crippen molar-refractivity contribution in [1.82, 2.24) is 5.32 Å². The first-order chi connectivity index (χ1) is 9.78. The van der Waals surface area contributed by atoms with Crippen molar-refractivity contribution in [2.24, 2.45) is 0 Å². The van der Waals surface area contributed by atoms with Crippen molar-refractivity contribution in [2.75, 3.05) is 6.54 Å². The molecular formula is C17H20ClNS. The molecule has 3 heteroatoms. The third-order valence-electron chi connectivity index (χ3n) is 4.20. The molecule has 0 spiro atoms. The van der Waals surface area contributed by atoms with Crippen LogP contribution in [0.1, 0.15) is 42.7 Å². The lowest BCUT2D eigenvalue weighted by Gasteiger charge is -2.28. The number of thiophene rings is 1. The Kier molecular flexibility index (Phi) is 4.16. The summed E-state index contributed by atoms with van der Waals surface area (Å²) in [6, 6.07) is 13.3. The van der Waals surface area contributed by atoms with Crippen LogP contribution in [0.25, 0.3) is 0 Å². The first-order valence-electron chi connectivity index (χ1n) is 7.30. The van der Waals surface area contributed by atoms with Crippen LogP contribution in [0.3, 0.4) is 0 Å². The first kappa shape index (κ1) is 14.1. The van der Waals surface area contributed by atoms with Crippen LogP contribution in [0, 0.1) is 0 Å². The third-order valence-corrected chi connectivity index (χ3v) is 5.62. The number of rotatable bonds is 6. The van der Waals surface area contributed by atoms with Gasteiger partial charge in [0.15, 0.2) is 0 Å². The maximum atomic E-state index is 6.41. The van der Waals surface area contributed by atoms with E-state index in [0.717, 1.165) is 18.0 Å². The second kappa shape index (κ2) is 5.88. The predicted octanol–water partition coefficient (Wildman–Crippen LogP) is 5.17. The molecule has 0 radical (unpaired) electrons. The molecule has 0 aliphatic heterocycles. The molecule has 1 heterocycles. The van der Waals surface area contributed by atoms with Gasteiger partial charge in [0.2, 0.25) is 0 Å². The van der Waals surface area contributed by atoms with Crippen LogP contribution in [-0.4, -0.2) is 6.54 Å². The summed E-state index contributed by atoms with van der Waals surface area (Å²) in [6.07, 6.45) is 3.63. The van der Waals surface area contributed by atoms with Gasteiger partial charge >= 0.3 is 0 Å². The molecule has 1 unspecified atom stereocenters. The zero-order valence-corrected chi connectivity index (χ0v) is 13.3. The Morgan fingerprint density at radius 1 is 1.25 bits per heavy atom. The van der Waals surface area contributed by atoms with Gasteiger partial charge in [0.1, 0.15) is 0 Å². The maximum Gasteiger partial charge on any atom is 0.0561 e. The molecule has 106 valence electrons. The van der Waals surface area contributed by atoms with E-state index in [1.54, 1.807) is 11.3 Å². The molecule has 0 bridgehead atoms. The largest absolute Gasteiger partial charge is 0.308 e. The summed E-state index contributed by atoms with van der Waals surface area (Å²) < 4.78 is 0. The summed E-state index contributed by atoms with van der Waals surface area (Å²) in [5, 5.41) is 6.74. The van der Waals surface area contributed by atoms with Gasteiger partial charge in [-0.2, -0.15) is 0 Å². The summed E-state index contributed by atoms with van der Waals surface area (Å²) in [5.41, 5.74) is 1.68. The van der Waals surface area contributed by atoms with E-state index in [4.69, 9.17) is 11.6 Å². The summed E-state index contributed by atoms with van der Waals surface area (Å²) in [7, 11) is 0. The molecule has 1 atom stereocenters. The number of nitrogens with one attached hydrogen (secondary N) is 1. The fourth-order valence-electron chi connectivity index (χ4n) is 2.99. The fraction of sp³-hybridized carbons (Fsp3) is 0.412. The van der Waals surface area contributed by atoms with Gasteiger partial charge in [0.05, 0.1) is 11.1 Å². The zero-order chi connectivity index (χ0) is 14.0. The number of halogens is 1. The molecule has 1 nitrogen and oxygen atoms in total. The molecule has 1 aromatic carbocycles. The zero-order valence-electron chi connectivity index (χ0n) is 11.7. The Bertz CT molecular complexity index is 559. The number of hydrogen-bond donors (Lipinski definition) is 1. The molecule has 3 rings (SSSR count). The maximum absolute atomic E-state index is 6.41. The lowest BCUT2D eigenvalue weighted by Crippen LogP contribution is -2.32. The summed E-state index contributed by atoms with van der Waals surface area (Å²) in [5.74, 6) is 0. The van der Waals surface area contributed by atoms with Gasteiger partial charge in [-0.3, -0.25) is 0 Å². The predicted molar refractivity (Wildman–Crippen MR) is 87.7 cm³/mol. The van der Waals surface area contributed by atoms with E-state index in [9.17, 15) is 0 Å². The van der Waals surface area contributed by atoms with E-state index in [2.05, 4.69) is 48.0 Å². The first-order valence-corrected chi connectivity index (χ1v) is 8.55. The van der Waals surface area contributed by atoms with Gasteiger partial charge in [0.25, 0.3) is 0 Å². The molecule has 2 aromatic rings. The van der Waals surface area contributed by atoms with E-state index in [1.165, 1.54) is 23.3 Å². The molecule has 1 aromatic heterocycles. The minimum Gasteiger partial charge on any atom is -0.308 e.